The molecule has 2 aliphatic heterocycles. The molecular weight excluding hydrogens is 260 g/mol. The molecule has 6 heteroatoms. The third-order valence-electron chi connectivity index (χ3n) is 3.81. The molecule has 2 N–H and O–H groups in total. The van der Waals surface area contributed by atoms with Crippen LogP contribution in [-0.2, 0) is 0 Å². The van der Waals surface area contributed by atoms with E-state index in [1.807, 2.05) is 11.8 Å². The zero-order chi connectivity index (χ0) is 13.1. The molecule has 1 aromatic heterocycles. The van der Waals surface area contributed by atoms with Gasteiger partial charge in [0.2, 0.25) is 0 Å². The number of piperidine rings is 1. The van der Waals surface area contributed by atoms with Gasteiger partial charge in [-0.05, 0) is 25.0 Å². The van der Waals surface area contributed by atoms with E-state index in [0.717, 1.165) is 19.5 Å². The minimum atomic E-state index is -0.0837. The Morgan fingerprint density at radius 1 is 1.42 bits per heavy atom. The van der Waals surface area contributed by atoms with E-state index in [0.29, 0.717) is 17.9 Å². The summed E-state index contributed by atoms with van der Waals surface area (Å²) in [5, 5.41) is 3.73. The number of aromatic amines is 1. The Balaban J connectivity index is 1.64. The standard InChI is InChI=1S/C13H20N4OS/c18-13-12(14-4-5-15-13)17-6-1-2-10(8-17)16-11-3-7-19-9-11/h4-5,10-11,16H,1-3,6-9H2,(H,15,18)/t10-,11+/m0/s1. The highest BCUT2D eigenvalue weighted by Crippen LogP contribution is 2.20. The van der Waals surface area contributed by atoms with Crippen LogP contribution in [-0.4, -0.2) is 46.6 Å². The minimum Gasteiger partial charge on any atom is -0.350 e. The lowest BCUT2D eigenvalue weighted by molar-refractivity contribution is 0.385. The first-order valence-corrected chi connectivity index (χ1v) is 8.11. The van der Waals surface area contributed by atoms with Gasteiger partial charge in [-0.25, -0.2) is 4.98 Å². The number of hydrogen-bond donors (Lipinski definition) is 2. The fourth-order valence-corrected chi connectivity index (χ4v) is 4.04. The summed E-state index contributed by atoms with van der Waals surface area (Å²) in [5.41, 5.74) is -0.0837. The number of nitrogens with zero attached hydrogens (tertiary/aromatic N) is 2. The Hall–Kier alpha value is -1.01. The molecule has 0 unspecified atom stereocenters. The molecule has 104 valence electrons. The lowest BCUT2D eigenvalue weighted by Gasteiger charge is -2.34. The summed E-state index contributed by atoms with van der Waals surface area (Å²) >= 11 is 2.03. The number of thioether (sulfide) groups is 1. The van der Waals surface area contributed by atoms with Gasteiger partial charge < -0.3 is 15.2 Å². The molecule has 2 aliphatic rings. The molecule has 0 radical (unpaired) electrons. The molecule has 1 aromatic rings. The maximum absolute atomic E-state index is 11.8. The van der Waals surface area contributed by atoms with Gasteiger partial charge in [0.05, 0.1) is 0 Å². The van der Waals surface area contributed by atoms with Crippen LogP contribution in [0.4, 0.5) is 5.82 Å². The van der Waals surface area contributed by atoms with Crippen LogP contribution in [0.3, 0.4) is 0 Å². The van der Waals surface area contributed by atoms with Crippen molar-refractivity contribution in [1.29, 1.82) is 0 Å². The van der Waals surface area contributed by atoms with E-state index >= 15 is 0 Å². The number of H-pyrrole nitrogens is 1. The normalized spacial score (nSPS) is 27.7. The van der Waals surface area contributed by atoms with Crippen LogP contribution in [0, 0.1) is 0 Å². The predicted molar refractivity (Wildman–Crippen MR) is 79.0 cm³/mol. The Morgan fingerprint density at radius 3 is 3.16 bits per heavy atom. The molecule has 2 atom stereocenters. The maximum Gasteiger partial charge on any atom is 0.290 e. The van der Waals surface area contributed by atoms with Crippen LogP contribution in [0.5, 0.6) is 0 Å². The maximum atomic E-state index is 11.8. The minimum absolute atomic E-state index is 0.0837. The van der Waals surface area contributed by atoms with Crippen molar-refractivity contribution in [2.24, 2.45) is 0 Å². The van der Waals surface area contributed by atoms with Gasteiger partial charge in [0.15, 0.2) is 5.82 Å². The van der Waals surface area contributed by atoms with Gasteiger partial charge in [-0.1, -0.05) is 0 Å². The van der Waals surface area contributed by atoms with Crippen molar-refractivity contribution >= 4 is 17.6 Å². The van der Waals surface area contributed by atoms with E-state index in [-0.39, 0.29) is 5.56 Å². The molecule has 0 spiro atoms. The molecule has 0 aromatic carbocycles. The zero-order valence-corrected chi connectivity index (χ0v) is 11.8. The number of hydrogen-bond acceptors (Lipinski definition) is 5. The highest BCUT2D eigenvalue weighted by molar-refractivity contribution is 7.99. The predicted octanol–water partition coefficient (Wildman–Crippen LogP) is 0.834. The van der Waals surface area contributed by atoms with E-state index in [1.54, 1.807) is 12.4 Å². The number of anilines is 1. The second-order valence-electron chi connectivity index (χ2n) is 5.25. The SMILES string of the molecule is O=c1[nH]ccnc1N1CCC[C@H](N[C@@H]2CCSC2)C1. The van der Waals surface area contributed by atoms with Crippen LogP contribution in [0.25, 0.3) is 0 Å². The monoisotopic (exact) mass is 280 g/mol. The summed E-state index contributed by atoms with van der Waals surface area (Å²) in [6.45, 7) is 1.82. The molecular formula is C13H20N4OS. The van der Waals surface area contributed by atoms with Crippen LogP contribution in [0.1, 0.15) is 19.3 Å². The lowest BCUT2D eigenvalue weighted by atomic mass is 10.0. The van der Waals surface area contributed by atoms with Crippen molar-refractivity contribution in [3.05, 3.63) is 22.7 Å². The summed E-state index contributed by atoms with van der Waals surface area (Å²) in [6.07, 6.45) is 6.82. The first kappa shape index (κ1) is 13.0. The second-order valence-corrected chi connectivity index (χ2v) is 6.40. The molecule has 2 fully saturated rings. The molecule has 0 amide bonds. The smallest absolute Gasteiger partial charge is 0.290 e. The first-order chi connectivity index (χ1) is 9.33. The fourth-order valence-electron chi connectivity index (χ4n) is 2.87. The Labute approximate surface area is 117 Å². The summed E-state index contributed by atoms with van der Waals surface area (Å²) in [5.74, 6) is 3.06. The quantitative estimate of drug-likeness (QED) is 0.859. The van der Waals surface area contributed by atoms with Gasteiger partial charge in [0, 0.05) is 43.3 Å². The van der Waals surface area contributed by atoms with Gasteiger partial charge in [-0.3, -0.25) is 4.79 Å². The molecule has 5 nitrogen and oxygen atoms in total. The van der Waals surface area contributed by atoms with Crippen LogP contribution in [0.2, 0.25) is 0 Å². The van der Waals surface area contributed by atoms with E-state index < -0.39 is 0 Å². The summed E-state index contributed by atoms with van der Waals surface area (Å²) < 4.78 is 0. The van der Waals surface area contributed by atoms with Gasteiger partial charge >= 0.3 is 0 Å². The third-order valence-corrected chi connectivity index (χ3v) is 4.97. The van der Waals surface area contributed by atoms with Gasteiger partial charge in [0.1, 0.15) is 0 Å². The molecule has 0 saturated carbocycles. The van der Waals surface area contributed by atoms with Crippen molar-refractivity contribution in [3.8, 4) is 0 Å². The Kier molecular flexibility index (Phi) is 4.08. The largest absolute Gasteiger partial charge is 0.350 e. The van der Waals surface area contributed by atoms with E-state index in [1.165, 1.54) is 24.3 Å². The molecule has 2 saturated heterocycles. The van der Waals surface area contributed by atoms with Crippen LogP contribution in [0.15, 0.2) is 17.2 Å². The average molecular weight is 280 g/mol. The highest BCUT2D eigenvalue weighted by Gasteiger charge is 2.25. The topological polar surface area (TPSA) is 61.0 Å². The van der Waals surface area contributed by atoms with Crippen molar-refractivity contribution in [2.45, 2.75) is 31.3 Å². The van der Waals surface area contributed by atoms with Crippen molar-refractivity contribution < 1.29 is 0 Å². The third kappa shape index (κ3) is 3.12. The number of aromatic nitrogens is 2. The molecule has 3 rings (SSSR count). The molecule has 19 heavy (non-hydrogen) atoms. The zero-order valence-electron chi connectivity index (χ0n) is 11.0. The molecule has 0 bridgehead atoms. The Bertz CT molecular complexity index is 472. The van der Waals surface area contributed by atoms with Crippen LogP contribution < -0.4 is 15.8 Å². The van der Waals surface area contributed by atoms with Gasteiger partial charge in [0.25, 0.3) is 5.56 Å². The average Bonchev–Trinajstić information content (AvgIpc) is 2.92. The van der Waals surface area contributed by atoms with Crippen molar-refractivity contribution in [3.63, 3.8) is 0 Å². The molecule has 3 heterocycles. The fraction of sp³-hybridized carbons (Fsp3) is 0.692. The summed E-state index contributed by atoms with van der Waals surface area (Å²) in [7, 11) is 0. The van der Waals surface area contributed by atoms with Gasteiger partial charge in [-0.2, -0.15) is 11.8 Å². The highest BCUT2D eigenvalue weighted by atomic mass is 32.2. The van der Waals surface area contributed by atoms with E-state index in [4.69, 9.17) is 0 Å². The van der Waals surface area contributed by atoms with Crippen LogP contribution >= 0.6 is 11.8 Å². The Morgan fingerprint density at radius 2 is 2.37 bits per heavy atom. The van der Waals surface area contributed by atoms with E-state index in [9.17, 15) is 4.79 Å². The lowest BCUT2D eigenvalue weighted by Crippen LogP contribution is -2.50. The molecule has 0 aliphatic carbocycles. The summed E-state index contributed by atoms with van der Waals surface area (Å²) in [6, 6.07) is 1.14. The van der Waals surface area contributed by atoms with Gasteiger partial charge in [-0.15, -0.1) is 0 Å². The van der Waals surface area contributed by atoms with Crippen molar-refractivity contribution in [1.82, 2.24) is 15.3 Å². The van der Waals surface area contributed by atoms with Crippen molar-refractivity contribution in [2.75, 3.05) is 29.5 Å². The number of rotatable bonds is 3. The van der Waals surface area contributed by atoms with E-state index in [2.05, 4.69) is 20.2 Å². The summed E-state index contributed by atoms with van der Waals surface area (Å²) in [4.78, 5) is 20.8. The number of nitrogens with one attached hydrogen (secondary N) is 2. The second kappa shape index (κ2) is 5.96. The first-order valence-electron chi connectivity index (χ1n) is 6.95.